The highest BCUT2D eigenvalue weighted by Crippen LogP contribution is 2.44. The van der Waals surface area contributed by atoms with Gasteiger partial charge in [0.15, 0.2) is 5.82 Å². The summed E-state index contributed by atoms with van der Waals surface area (Å²) in [5.74, 6) is -0.547. The first-order valence-electron chi connectivity index (χ1n) is 14.7. The van der Waals surface area contributed by atoms with Crippen molar-refractivity contribution in [3.63, 3.8) is 0 Å². The molecule has 9 nitrogen and oxygen atoms in total. The smallest absolute Gasteiger partial charge is 0.361 e. The Balaban J connectivity index is 1.25. The topological polar surface area (TPSA) is 93.8 Å². The first-order valence-corrected chi connectivity index (χ1v) is 15.0. The van der Waals surface area contributed by atoms with Crippen molar-refractivity contribution < 1.29 is 22.4 Å². The number of fused-ring (bicyclic) bond motifs is 3. The average molecular weight is 651 g/mol. The van der Waals surface area contributed by atoms with Crippen LogP contribution in [0, 0.1) is 5.82 Å². The van der Waals surface area contributed by atoms with E-state index in [1.807, 2.05) is 18.4 Å². The van der Waals surface area contributed by atoms with Gasteiger partial charge in [-0.3, -0.25) is 4.79 Å². The van der Waals surface area contributed by atoms with Crippen molar-refractivity contribution in [1.29, 1.82) is 0 Å². The second-order valence-electron chi connectivity index (χ2n) is 11.7. The number of alkyl halides is 3. The van der Waals surface area contributed by atoms with Gasteiger partial charge >= 0.3 is 6.18 Å². The molecule has 14 heteroatoms. The van der Waals surface area contributed by atoms with Crippen molar-refractivity contribution in [3.05, 3.63) is 100 Å². The lowest BCUT2D eigenvalue weighted by Crippen LogP contribution is -2.22. The van der Waals surface area contributed by atoms with Crippen molar-refractivity contribution in [1.82, 2.24) is 29.3 Å². The minimum atomic E-state index is -4.65. The molecule has 0 unspecified atom stereocenters. The number of pyridine rings is 1. The van der Waals surface area contributed by atoms with Gasteiger partial charge in [-0.25, -0.2) is 14.4 Å². The lowest BCUT2D eigenvalue weighted by Gasteiger charge is -2.25. The normalized spacial score (nSPS) is 14.7. The van der Waals surface area contributed by atoms with Gasteiger partial charge in [0.2, 0.25) is 0 Å². The van der Waals surface area contributed by atoms with Crippen LogP contribution in [0.1, 0.15) is 71.5 Å². The molecule has 1 aliphatic carbocycles. The van der Waals surface area contributed by atoms with Crippen molar-refractivity contribution in [2.24, 2.45) is 0 Å². The molecule has 7 rings (SSSR count). The van der Waals surface area contributed by atoms with E-state index in [9.17, 15) is 18.0 Å². The van der Waals surface area contributed by atoms with Crippen molar-refractivity contribution in [3.8, 4) is 17.2 Å². The molecule has 46 heavy (non-hydrogen) atoms. The van der Waals surface area contributed by atoms with Gasteiger partial charge in [-0.2, -0.15) is 13.2 Å². The minimum Gasteiger partial charge on any atom is -0.361 e. The Bertz CT molecular complexity index is 1980. The number of benzene rings is 2. The molecule has 4 heterocycles. The van der Waals surface area contributed by atoms with Gasteiger partial charge in [-0.1, -0.05) is 17.7 Å². The quantitative estimate of drug-likeness (QED) is 0.191. The summed E-state index contributed by atoms with van der Waals surface area (Å²) in [6, 6.07) is 11.6. The van der Waals surface area contributed by atoms with Gasteiger partial charge in [0.05, 0.1) is 46.1 Å². The molecule has 1 aliphatic heterocycles. The summed E-state index contributed by atoms with van der Waals surface area (Å²) in [6.07, 6.45) is 0.482. The first kappa shape index (κ1) is 29.9. The SMILES string of the molecule is CC(C)n1cnnc1-c1cccc(NC(=O)c2cc3c(cc2F)CN(c2ccc(Cl)c(C(F)(F)F)c2)Cc2c(C4CC4)ncn2-3)n1. The number of nitrogens with zero attached hydrogens (tertiary/aromatic N) is 7. The predicted octanol–water partition coefficient (Wildman–Crippen LogP) is 7.57. The van der Waals surface area contributed by atoms with E-state index in [0.717, 1.165) is 30.3 Å². The summed E-state index contributed by atoms with van der Waals surface area (Å²) in [5, 5.41) is 10.4. The fourth-order valence-corrected chi connectivity index (χ4v) is 5.97. The van der Waals surface area contributed by atoms with E-state index in [4.69, 9.17) is 11.6 Å². The first-order chi connectivity index (χ1) is 22.0. The summed E-state index contributed by atoms with van der Waals surface area (Å²) in [5.41, 5.74) is 2.19. The van der Waals surface area contributed by atoms with E-state index >= 15 is 4.39 Å². The summed E-state index contributed by atoms with van der Waals surface area (Å²) >= 11 is 5.90. The number of rotatable bonds is 6. The molecule has 0 atom stereocenters. The van der Waals surface area contributed by atoms with Crippen LogP contribution < -0.4 is 10.2 Å². The second-order valence-corrected chi connectivity index (χ2v) is 12.1. The molecule has 1 saturated carbocycles. The molecule has 0 bridgehead atoms. The van der Waals surface area contributed by atoms with E-state index in [-0.39, 0.29) is 42.1 Å². The number of nitrogens with one attached hydrogen (secondary N) is 1. The Hall–Kier alpha value is -4.78. The number of carbonyl (C=O) groups is 1. The highest BCUT2D eigenvalue weighted by atomic mass is 35.5. The van der Waals surface area contributed by atoms with Crippen LogP contribution in [0.5, 0.6) is 0 Å². The van der Waals surface area contributed by atoms with Crippen LogP contribution in [0.2, 0.25) is 5.02 Å². The van der Waals surface area contributed by atoms with Gasteiger partial charge in [0, 0.05) is 24.2 Å². The fourth-order valence-electron chi connectivity index (χ4n) is 5.75. The van der Waals surface area contributed by atoms with E-state index in [1.54, 1.807) is 40.3 Å². The van der Waals surface area contributed by atoms with Crippen LogP contribution in [-0.4, -0.2) is 35.2 Å². The molecular weight excluding hydrogens is 624 g/mol. The van der Waals surface area contributed by atoms with Gasteiger partial charge in [0.25, 0.3) is 5.91 Å². The van der Waals surface area contributed by atoms with E-state index in [2.05, 4.69) is 25.5 Å². The third-order valence-electron chi connectivity index (χ3n) is 8.21. The lowest BCUT2D eigenvalue weighted by atomic mass is 10.1. The molecule has 5 aromatic rings. The number of halogens is 5. The van der Waals surface area contributed by atoms with E-state index < -0.39 is 28.5 Å². The average Bonchev–Trinajstić information content (AvgIpc) is 3.61. The van der Waals surface area contributed by atoms with Gasteiger partial charge in [0.1, 0.15) is 23.7 Å². The van der Waals surface area contributed by atoms with Crippen LogP contribution in [-0.2, 0) is 19.3 Å². The molecule has 2 aromatic carbocycles. The molecular formula is C32H27ClF4N8O. The number of hydrogen-bond acceptors (Lipinski definition) is 6. The monoisotopic (exact) mass is 650 g/mol. The zero-order valence-electron chi connectivity index (χ0n) is 24.7. The highest BCUT2D eigenvalue weighted by molar-refractivity contribution is 6.31. The standard InChI is InChI=1S/C32H27ClF4N8O/c1-17(2)44-16-39-42-30(44)25-4-3-5-28(40-25)41-31(46)21-12-26-19(10-24(21)34)13-43(14-27-29(18-6-7-18)38-15-45(26)27)20-8-9-23(33)22(11-20)32(35,36)37/h3-5,8-12,15-18H,6-7,13-14H2,1-2H3,(H,40,41,46). The third kappa shape index (κ3) is 5.48. The van der Waals surface area contributed by atoms with Crippen molar-refractivity contribution in [2.75, 3.05) is 10.2 Å². The maximum atomic E-state index is 15.7. The zero-order valence-corrected chi connectivity index (χ0v) is 25.4. The fraction of sp³-hybridized carbons (Fsp3) is 0.281. The van der Waals surface area contributed by atoms with Crippen molar-refractivity contribution >= 4 is 29.0 Å². The van der Waals surface area contributed by atoms with E-state index in [0.29, 0.717) is 22.8 Å². The Morgan fingerprint density at radius 1 is 1.07 bits per heavy atom. The molecule has 1 N–H and O–H groups in total. The van der Waals surface area contributed by atoms with E-state index in [1.165, 1.54) is 24.3 Å². The van der Waals surface area contributed by atoms with Crippen LogP contribution >= 0.6 is 11.6 Å². The third-order valence-corrected chi connectivity index (χ3v) is 8.54. The summed E-state index contributed by atoms with van der Waals surface area (Å²) in [6.45, 7) is 4.26. The van der Waals surface area contributed by atoms with Crippen LogP contribution in [0.3, 0.4) is 0 Å². The number of imidazole rings is 1. The highest BCUT2D eigenvalue weighted by Gasteiger charge is 2.36. The molecule has 2 aliphatic rings. The second kappa shape index (κ2) is 11.2. The summed E-state index contributed by atoms with van der Waals surface area (Å²) in [4.78, 5) is 24.4. The molecule has 236 valence electrons. The lowest BCUT2D eigenvalue weighted by molar-refractivity contribution is -0.137. The number of amides is 1. The Morgan fingerprint density at radius 2 is 1.87 bits per heavy atom. The van der Waals surface area contributed by atoms with Crippen LogP contribution in [0.25, 0.3) is 17.2 Å². The Kier molecular flexibility index (Phi) is 7.30. The number of anilines is 2. The molecule has 0 saturated heterocycles. The van der Waals surface area contributed by atoms with Gasteiger partial charge in [-0.05, 0) is 74.7 Å². The predicted molar refractivity (Wildman–Crippen MR) is 163 cm³/mol. The summed E-state index contributed by atoms with van der Waals surface area (Å²) in [7, 11) is 0. The van der Waals surface area contributed by atoms with Gasteiger partial charge in [-0.15, -0.1) is 10.2 Å². The minimum absolute atomic E-state index is 0.0783. The number of carbonyl (C=O) groups excluding carboxylic acids is 1. The largest absolute Gasteiger partial charge is 0.417 e. The summed E-state index contributed by atoms with van der Waals surface area (Å²) < 4.78 is 60.6. The molecule has 1 fully saturated rings. The van der Waals surface area contributed by atoms with Crippen LogP contribution in [0.4, 0.5) is 29.1 Å². The van der Waals surface area contributed by atoms with Crippen molar-refractivity contribution in [2.45, 2.75) is 57.9 Å². The Labute approximate surface area is 265 Å². The zero-order chi connectivity index (χ0) is 32.3. The number of aromatic nitrogens is 6. The number of hydrogen-bond donors (Lipinski definition) is 1. The van der Waals surface area contributed by atoms with Crippen LogP contribution in [0.15, 0.2) is 61.2 Å². The molecule has 1 amide bonds. The molecule has 0 spiro atoms. The molecule has 3 aromatic heterocycles. The maximum absolute atomic E-state index is 15.7. The maximum Gasteiger partial charge on any atom is 0.417 e. The molecule has 0 radical (unpaired) electrons. The Morgan fingerprint density at radius 3 is 2.61 bits per heavy atom. The van der Waals surface area contributed by atoms with Gasteiger partial charge < -0.3 is 19.4 Å².